The van der Waals surface area contributed by atoms with Crippen LogP contribution in [0, 0.1) is 0 Å². The first kappa shape index (κ1) is 23.3. The Hall–Kier alpha value is 0.246. The van der Waals surface area contributed by atoms with E-state index in [1.807, 2.05) is 12.1 Å². The number of hydrogen-bond donors (Lipinski definition) is 0. The minimum atomic E-state index is -4.47. The second-order valence-corrected chi connectivity index (χ2v) is 7.78. The van der Waals surface area contributed by atoms with Crippen LogP contribution in [0.25, 0.3) is 10.8 Å². The van der Waals surface area contributed by atoms with Crippen molar-refractivity contribution in [3.05, 3.63) is 41.5 Å². The third kappa shape index (κ3) is 6.42. The van der Waals surface area contributed by atoms with Crippen LogP contribution in [0.1, 0.15) is 63.5 Å². The molecule has 2 rings (SSSR count). The summed E-state index contributed by atoms with van der Waals surface area (Å²) < 4.78 is 35.2. The molecule has 0 aliphatic carbocycles. The molecule has 0 aromatic heterocycles. The van der Waals surface area contributed by atoms with E-state index in [9.17, 15) is 13.0 Å². The summed E-state index contributed by atoms with van der Waals surface area (Å²) in [5.74, 6) is 0. The van der Waals surface area contributed by atoms with Gasteiger partial charge >= 0.3 is 51.4 Å². The summed E-state index contributed by atoms with van der Waals surface area (Å²) in [4.78, 5) is -0.0659. The maximum absolute atomic E-state index is 11.7. The fourth-order valence-electron chi connectivity index (χ4n) is 3.27. The van der Waals surface area contributed by atoms with Gasteiger partial charge in [-0.25, -0.2) is 8.42 Å². The Labute approximate surface area is 194 Å². The van der Waals surface area contributed by atoms with Crippen LogP contribution in [-0.2, 0) is 23.0 Å². The van der Waals surface area contributed by atoms with Crippen molar-refractivity contribution in [1.82, 2.24) is 0 Å². The van der Waals surface area contributed by atoms with Gasteiger partial charge in [-0.1, -0.05) is 63.8 Å². The topological polar surface area (TPSA) is 57.2 Å². The molecule has 0 bridgehead atoms. The summed E-state index contributed by atoms with van der Waals surface area (Å²) in [5, 5.41) is 1.58. The molecule has 0 fully saturated rings. The predicted molar refractivity (Wildman–Crippen MR) is 98.4 cm³/mol. The van der Waals surface area contributed by atoms with Crippen LogP contribution >= 0.6 is 0 Å². The fourth-order valence-corrected chi connectivity index (χ4v) is 4.01. The molecule has 25 heavy (non-hydrogen) atoms. The summed E-state index contributed by atoms with van der Waals surface area (Å²) in [6, 6.07) is 9.22. The molecule has 0 saturated heterocycles. The van der Waals surface area contributed by atoms with Gasteiger partial charge in [0.15, 0.2) is 0 Å². The van der Waals surface area contributed by atoms with E-state index in [1.165, 1.54) is 6.07 Å². The van der Waals surface area contributed by atoms with E-state index in [4.69, 9.17) is 0 Å². The summed E-state index contributed by atoms with van der Waals surface area (Å²) in [5.41, 5.74) is 2.12. The molecule has 132 valence electrons. The number of benzene rings is 2. The number of aryl methyl sites for hydroxylation is 2. The van der Waals surface area contributed by atoms with Crippen LogP contribution in [0.5, 0.6) is 0 Å². The van der Waals surface area contributed by atoms with Crippen molar-refractivity contribution in [2.45, 2.75) is 70.1 Å². The molecule has 0 spiro atoms. The van der Waals surface area contributed by atoms with Gasteiger partial charge < -0.3 is 4.55 Å². The second-order valence-electron chi connectivity index (χ2n) is 6.43. The molecule has 0 aliphatic heterocycles. The Morgan fingerprint density at radius 3 is 1.96 bits per heavy atom. The molecular formula is C20H27KO3S. The largest absolute Gasteiger partial charge is 1.00 e. The normalized spacial score (nSPS) is 11.5. The first-order chi connectivity index (χ1) is 11.5. The Bertz CT molecular complexity index is 785. The zero-order valence-corrected chi connectivity index (χ0v) is 19.6. The van der Waals surface area contributed by atoms with Crippen LogP contribution in [0.15, 0.2) is 35.2 Å². The van der Waals surface area contributed by atoms with Gasteiger partial charge in [0.2, 0.25) is 0 Å². The molecule has 0 unspecified atom stereocenters. The van der Waals surface area contributed by atoms with Gasteiger partial charge in [0.05, 0.1) is 4.90 Å². The van der Waals surface area contributed by atoms with Gasteiger partial charge in [-0.05, 0) is 48.3 Å². The molecule has 0 atom stereocenters. The fraction of sp³-hybridized carbons (Fsp3) is 0.500. The number of unbranched alkanes of at least 4 members (excludes halogenated alkanes) is 4. The van der Waals surface area contributed by atoms with Gasteiger partial charge in [0, 0.05) is 5.39 Å². The smallest absolute Gasteiger partial charge is 0.744 e. The van der Waals surface area contributed by atoms with Crippen molar-refractivity contribution < 1.29 is 64.4 Å². The van der Waals surface area contributed by atoms with E-state index < -0.39 is 10.1 Å². The van der Waals surface area contributed by atoms with E-state index in [-0.39, 0.29) is 56.3 Å². The molecule has 0 heterocycles. The third-order valence-electron chi connectivity index (χ3n) is 4.55. The van der Waals surface area contributed by atoms with Crippen molar-refractivity contribution in [3.8, 4) is 0 Å². The number of hydrogen-bond acceptors (Lipinski definition) is 3. The maximum atomic E-state index is 11.7. The molecule has 0 aliphatic rings. The summed E-state index contributed by atoms with van der Waals surface area (Å²) in [7, 11) is -4.47. The Morgan fingerprint density at radius 1 is 0.840 bits per heavy atom. The molecule has 5 heteroatoms. The van der Waals surface area contributed by atoms with Gasteiger partial charge in [0.1, 0.15) is 10.1 Å². The van der Waals surface area contributed by atoms with Crippen molar-refractivity contribution in [1.29, 1.82) is 0 Å². The Morgan fingerprint density at radius 2 is 1.40 bits per heavy atom. The molecule has 2 aromatic carbocycles. The SMILES string of the molecule is CCCCCc1ccc(CCCCC)c2c(S(=O)(=O)[O-])cccc12.[K+]. The van der Waals surface area contributed by atoms with Gasteiger partial charge in [0.25, 0.3) is 0 Å². The Balaban J connectivity index is 0.00000312. The van der Waals surface area contributed by atoms with Crippen LogP contribution in [0.3, 0.4) is 0 Å². The third-order valence-corrected chi connectivity index (χ3v) is 5.43. The van der Waals surface area contributed by atoms with E-state index in [2.05, 4.69) is 19.9 Å². The van der Waals surface area contributed by atoms with Crippen molar-refractivity contribution >= 4 is 20.9 Å². The second kappa shape index (κ2) is 11.2. The summed E-state index contributed by atoms with van der Waals surface area (Å²) in [6.45, 7) is 4.31. The van der Waals surface area contributed by atoms with Crippen molar-refractivity contribution in [2.75, 3.05) is 0 Å². The van der Waals surface area contributed by atoms with Crippen molar-refractivity contribution in [3.63, 3.8) is 0 Å². The van der Waals surface area contributed by atoms with Gasteiger partial charge in [-0.2, -0.15) is 0 Å². The van der Waals surface area contributed by atoms with Crippen LogP contribution in [0.4, 0.5) is 0 Å². The summed E-state index contributed by atoms with van der Waals surface area (Å²) >= 11 is 0. The minimum Gasteiger partial charge on any atom is -0.744 e. The Kier molecular flexibility index (Phi) is 10.4. The molecule has 0 saturated carbocycles. The van der Waals surface area contributed by atoms with Crippen LogP contribution in [0.2, 0.25) is 0 Å². The molecule has 3 nitrogen and oxygen atoms in total. The molecule has 0 N–H and O–H groups in total. The maximum Gasteiger partial charge on any atom is 1.00 e. The molecule has 0 radical (unpaired) electrons. The molecular weight excluding hydrogens is 359 g/mol. The molecule has 0 amide bonds. The van der Waals surface area contributed by atoms with E-state index >= 15 is 0 Å². The zero-order chi connectivity index (χ0) is 17.6. The van der Waals surface area contributed by atoms with Gasteiger partial charge in [-0.3, -0.25) is 0 Å². The summed E-state index contributed by atoms with van der Waals surface area (Å²) in [6.07, 6.45) is 8.33. The van der Waals surface area contributed by atoms with E-state index in [0.29, 0.717) is 5.39 Å². The number of fused-ring (bicyclic) bond motifs is 1. The average molecular weight is 387 g/mol. The first-order valence-electron chi connectivity index (χ1n) is 8.98. The monoisotopic (exact) mass is 386 g/mol. The van der Waals surface area contributed by atoms with Crippen LogP contribution in [-0.4, -0.2) is 13.0 Å². The quantitative estimate of drug-likeness (QED) is 0.377. The molecule has 2 aromatic rings. The number of rotatable bonds is 9. The van der Waals surface area contributed by atoms with Crippen molar-refractivity contribution in [2.24, 2.45) is 0 Å². The van der Waals surface area contributed by atoms with Crippen LogP contribution < -0.4 is 51.4 Å². The predicted octanol–water partition coefficient (Wildman–Crippen LogP) is 2.21. The zero-order valence-electron chi connectivity index (χ0n) is 15.7. The minimum absolute atomic E-state index is 0. The van der Waals surface area contributed by atoms with E-state index in [0.717, 1.165) is 67.9 Å². The standard InChI is InChI=1S/C20H28O3S.K/c1-3-5-7-10-16-14-15-17(11-8-6-4-2)20-18(16)12-9-13-19(20)24(21,22)23;/h9,12-15H,3-8,10-11H2,1-2H3,(H,21,22,23);/q;+1/p-1. The average Bonchev–Trinajstić information content (AvgIpc) is 2.55. The first-order valence-corrected chi connectivity index (χ1v) is 10.4. The van der Waals surface area contributed by atoms with E-state index in [1.54, 1.807) is 6.07 Å². The van der Waals surface area contributed by atoms with Gasteiger partial charge in [-0.15, -0.1) is 0 Å².